The molecule has 1 rings (SSSR count). The summed E-state index contributed by atoms with van der Waals surface area (Å²) >= 11 is 0. The van der Waals surface area contributed by atoms with E-state index in [-0.39, 0.29) is 6.10 Å². The Morgan fingerprint density at radius 2 is 1.82 bits per heavy atom. The summed E-state index contributed by atoms with van der Waals surface area (Å²) in [6, 6.07) is 10.5. The molecule has 1 aromatic carbocycles. The summed E-state index contributed by atoms with van der Waals surface area (Å²) in [5.41, 5.74) is 1.38. The van der Waals surface area contributed by atoms with Crippen LogP contribution in [0.1, 0.15) is 51.5 Å². The number of aryl methyl sites for hydroxylation is 1. The van der Waals surface area contributed by atoms with Crippen LogP contribution >= 0.6 is 0 Å². The van der Waals surface area contributed by atoms with Gasteiger partial charge in [-0.3, -0.25) is 0 Å². The molecule has 1 aromatic rings. The van der Waals surface area contributed by atoms with Gasteiger partial charge in [0.1, 0.15) is 0 Å². The maximum absolute atomic E-state index is 9.92. The minimum absolute atomic E-state index is 0.111. The van der Waals surface area contributed by atoms with E-state index >= 15 is 0 Å². The van der Waals surface area contributed by atoms with Crippen LogP contribution in [-0.4, -0.2) is 11.2 Å². The fourth-order valence-corrected chi connectivity index (χ4v) is 2.38. The lowest BCUT2D eigenvalue weighted by Gasteiger charge is -2.15. The zero-order valence-corrected chi connectivity index (χ0v) is 11.2. The number of hydrogen-bond acceptors (Lipinski definition) is 1. The summed E-state index contributed by atoms with van der Waals surface area (Å²) in [5.74, 6) is 0.659. The van der Waals surface area contributed by atoms with Crippen molar-refractivity contribution < 1.29 is 5.11 Å². The third-order valence-corrected chi connectivity index (χ3v) is 3.30. The molecule has 2 unspecified atom stereocenters. The van der Waals surface area contributed by atoms with E-state index in [1.165, 1.54) is 18.4 Å². The van der Waals surface area contributed by atoms with Crippen LogP contribution in [0.2, 0.25) is 0 Å². The normalized spacial score (nSPS) is 14.5. The smallest absolute Gasteiger partial charge is 0.0542 e. The summed E-state index contributed by atoms with van der Waals surface area (Å²) in [6.45, 7) is 4.45. The van der Waals surface area contributed by atoms with Crippen LogP contribution < -0.4 is 0 Å². The van der Waals surface area contributed by atoms with Gasteiger partial charge in [0.25, 0.3) is 0 Å². The van der Waals surface area contributed by atoms with Crippen LogP contribution in [0.3, 0.4) is 0 Å². The van der Waals surface area contributed by atoms with E-state index < -0.39 is 0 Å². The molecule has 2 atom stereocenters. The highest BCUT2D eigenvalue weighted by Crippen LogP contribution is 2.16. The van der Waals surface area contributed by atoms with Gasteiger partial charge in [-0.15, -0.1) is 0 Å². The Morgan fingerprint density at radius 1 is 1.12 bits per heavy atom. The molecule has 0 bridgehead atoms. The first kappa shape index (κ1) is 14.2. The highest BCUT2D eigenvalue weighted by atomic mass is 16.3. The van der Waals surface area contributed by atoms with Crippen LogP contribution in [0.25, 0.3) is 0 Å². The van der Waals surface area contributed by atoms with Gasteiger partial charge in [0.2, 0.25) is 0 Å². The Labute approximate surface area is 106 Å². The first-order valence-corrected chi connectivity index (χ1v) is 6.94. The zero-order chi connectivity index (χ0) is 12.5. The molecule has 0 aromatic heterocycles. The molecule has 1 N–H and O–H groups in total. The molecular formula is C16H26O. The second-order valence-electron chi connectivity index (χ2n) is 5.16. The van der Waals surface area contributed by atoms with Crippen molar-refractivity contribution in [1.29, 1.82) is 0 Å². The average molecular weight is 234 g/mol. The summed E-state index contributed by atoms with van der Waals surface area (Å²) < 4.78 is 0. The van der Waals surface area contributed by atoms with Gasteiger partial charge in [-0.25, -0.2) is 0 Å². The lowest BCUT2D eigenvalue weighted by Crippen LogP contribution is -2.11. The molecule has 0 fully saturated rings. The first-order chi connectivity index (χ1) is 8.22. The molecule has 0 heterocycles. The molecule has 96 valence electrons. The van der Waals surface area contributed by atoms with Gasteiger partial charge < -0.3 is 5.11 Å². The molecular weight excluding hydrogens is 208 g/mol. The van der Waals surface area contributed by atoms with Crippen molar-refractivity contribution in [3.8, 4) is 0 Å². The predicted molar refractivity (Wildman–Crippen MR) is 74.1 cm³/mol. The van der Waals surface area contributed by atoms with E-state index in [0.717, 1.165) is 25.7 Å². The zero-order valence-electron chi connectivity index (χ0n) is 11.2. The Kier molecular flexibility index (Phi) is 6.95. The molecule has 1 nitrogen and oxygen atoms in total. The van der Waals surface area contributed by atoms with Crippen molar-refractivity contribution in [3.05, 3.63) is 35.9 Å². The number of hydrogen-bond donors (Lipinski definition) is 1. The molecule has 0 saturated heterocycles. The van der Waals surface area contributed by atoms with Gasteiger partial charge in [-0.2, -0.15) is 0 Å². The molecule has 0 saturated carbocycles. The molecule has 0 aliphatic rings. The lowest BCUT2D eigenvalue weighted by molar-refractivity contribution is 0.132. The van der Waals surface area contributed by atoms with Gasteiger partial charge in [-0.1, -0.05) is 57.0 Å². The second kappa shape index (κ2) is 8.30. The molecule has 0 spiro atoms. The van der Waals surface area contributed by atoms with E-state index in [1.807, 2.05) is 6.07 Å². The van der Waals surface area contributed by atoms with Gasteiger partial charge in [0, 0.05) is 0 Å². The minimum atomic E-state index is -0.111. The van der Waals surface area contributed by atoms with Crippen molar-refractivity contribution >= 4 is 0 Å². The van der Waals surface area contributed by atoms with Crippen molar-refractivity contribution in [1.82, 2.24) is 0 Å². The van der Waals surface area contributed by atoms with Crippen molar-refractivity contribution in [2.45, 2.75) is 58.5 Å². The maximum atomic E-state index is 9.92. The third kappa shape index (κ3) is 6.48. The summed E-state index contributed by atoms with van der Waals surface area (Å²) in [5, 5.41) is 9.92. The van der Waals surface area contributed by atoms with Crippen LogP contribution in [0.5, 0.6) is 0 Å². The van der Waals surface area contributed by atoms with Gasteiger partial charge in [0.05, 0.1) is 6.10 Å². The monoisotopic (exact) mass is 234 g/mol. The second-order valence-corrected chi connectivity index (χ2v) is 5.16. The Balaban J connectivity index is 2.14. The topological polar surface area (TPSA) is 20.2 Å². The standard InChI is InChI=1S/C16H26O/c1-3-8-14(2)13-16(17)12-7-11-15-9-5-4-6-10-15/h4-6,9-10,14,16-17H,3,7-8,11-13H2,1-2H3. The molecule has 1 heteroatoms. The number of rotatable bonds is 8. The van der Waals surface area contributed by atoms with Crippen molar-refractivity contribution in [2.75, 3.05) is 0 Å². The van der Waals surface area contributed by atoms with Crippen LogP contribution in [0.15, 0.2) is 30.3 Å². The van der Waals surface area contributed by atoms with Crippen LogP contribution in [-0.2, 0) is 6.42 Å². The van der Waals surface area contributed by atoms with E-state index in [1.54, 1.807) is 0 Å². The Bertz CT molecular complexity index is 281. The van der Waals surface area contributed by atoms with Crippen LogP contribution in [0.4, 0.5) is 0 Å². The van der Waals surface area contributed by atoms with Gasteiger partial charge in [-0.05, 0) is 37.2 Å². The molecule has 0 amide bonds. The third-order valence-electron chi connectivity index (χ3n) is 3.30. The van der Waals surface area contributed by atoms with E-state index in [2.05, 4.69) is 38.1 Å². The average Bonchev–Trinajstić information content (AvgIpc) is 2.30. The fourth-order valence-electron chi connectivity index (χ4n) is 2.38. The number of benzene rings is 1. The SMILES string of the molecule is CCCC(C)CC(O)CCCc1ccccc1. The lowest BCUT2D eigenvalue weighted by atomic mass is 9.95. The number of aliphatic hydroxyl groups excluding tert-OH is 1. The fraction of sp³-hybridized carbons (Fsp3) is 0.625. The van der Waals surface area contributed by atoms with Gasteiger partial charge >= 0.3 is 0 Å². The van der Waals surface area contributed by atoms with E-state index in [4.69, 9.17) is 0 Å². The van der Waals surface area contributed by atoms with E-state index in [0.29, 0.717) is 5.92 Å². The van der Waals surface area contributed by atoms with E-state index in [9.17, 15) is 5.11 Å². The molecule has 17 heavy (non-hydrogen) atoms. The first-order valence-electron chi connectivity index (χ1n) is 6.94. The molecule has 0 aliphatic carbocycles. The Hall–Kier alpha value is -0.820. The predicted octanol–water partition coefficient (Wildman–Crippen LogP) is 4.20. The summed E-state index contributed by atoms with van der Waals surface area (Å²) in [7, 11) is 0. The van der Waals surface area contributed by atoms with Crippen molar-refractivity contribution in [3.63, 3.8) is 0 Å². The van der Waals surface area contributed by atoms with Gasteiger partial charge in [0.15, 0.2) is 0 Å². The summed E-state index contributed by atoms with van der Waals surface area (Å²) in [6.07, 6.45) is 6.41. The largest absolute Gasteiger partial charge is 0.393 e. The molecule has 0 radical (unpaired) electrons. The number of aliphatic hydroxyl groups is 1. The highest BCUT2D eigenvalue weighted by Gasteiger charge is 2.09. The minimum Gasteiger partial charge on any atom is -0.393 e. The summed E-state index contributed by atoms with van der Waals surface area (Å²) in [4.78, 5) is 0. The highest BCUT2D eigenvalue weighted by molar-refractivity contribution is 5.14. The Morgan fingerprint density at radius 3 is 2.47 bits per heavy atom. The van der Waals surface area contributed by atoms with Crippen molar-refractivity contribution in [2.24, 2.45) is 5.92 Å². The quantitative estimate of drug-likeness (QED) is 0.715. The maximum Gasteiger partial charge on any atom is 0.0542 e. The molecule has 0 aliphatic heterocycles. The van der Waals surface area contributed by atoms with Crippen LogP contribution in [0, 0.1) is 5.92 Å².